The Morgan fingerprint density at radius 2 is 1.71 bits per heavy atom. The molecule has 4 rings (SSSR count). The third-order valence-corrected chi connectivity index (χ3v) is 5.69. The molecule has 1 fully saturated rings. The number of hydrogen-bond donors (Lipinski definition) is 1. The van der Waals surface area contributed by atoms with Gasteiger partial charge in [0, 0.05) is 5.56 Å². The van der Waals surface area contributed by atoms with Gasteiger partial charge in [-0.2, -0.15) is 0 Å². The lowest BCUT2D eigenvalue weighted by atomic mass is 9.95. The number of hydrogen-bond acceptors (Lipinski definition) is 7. The summed E-state index contributed by atoms with van der Waals surface area (Å²) in [6, 6.07) is 14.4. The summed E-state index contributed by atoms with van der Waals surface area (Å²) in [6.07, 6.45) is 1.50. The lowest BCUT2D eigenvalue weighted by Crippen LogP contribution is -2.29. The Morgan fingerprint density at radius 3 is 2.34 bits per heavy atom. The number of amides is 1. The van der Waals surface area contributed by atoms with Crippen molar-refractivity contribution in [3.8, 4) is 17.2 Å². The van der Waals surface area contributed by atoms with Crippen LogP contribution in [0.5, 0.6) is 17.2 Å². The van der Waals surface area contributed by atoms with Crippen LogP contribution in [0.25, 0.3) is 5.76 Å². The molecular formula is C27H27NO7. The van der Waals surface area contributed by atoms with E-state index in [0.717, 1.165) is 0 Å². The van der Waals surface area contributed by atoms with Crippen LogP contribution in [0.2, 0.25) is 0 Å². The van der Waals surface area contributed by atoms with Crippen LogP contribution in [0, 0.1) is 0 Å². The molecule has 2 heterocycles. The van der Waals surface area contributed by atoms with Gasteiger partial charge in [0.05, 0.1) is 44.7 Å². The first-order valence-electron chi connectivity index (χ1n) is 11.3. The molecule has 2 aromatic carbocycles. The number of methoxy groups -OCH3 is 1. The third kappa shape index (κ3) is 4.73. The molecule has 0 saturated carbocycles. The number of aliphatic hydroxyl groups is 1. The minimum absolute atomic E-state index is 0.0154. The summed E-state index contributed by atoms with van der Waals surface area (Å²) in [4.78, 5) is 27.8. The summed E-state index contributed by atoms with van der Waals surface area (Å²) in [5, 5.41) is 11.2. The molecule has 1 saturated heterocycles. The van der Waals surface area contributed by atoms with Crippen molar-refractivity contribution in [1.29, 1.82) is 0 Å². The Hall–Kier alpha value is -4.20. The van der Waals surface area contributed by atoms with E-state index in [-0.39, 0.29) is 17.9 Å². The van der Waals surface area contributed by atoms with Gasteiger partial charge >= 0.3 is 0 Å². The summed E-state index contributed by atoms with van der Waals surface area (Å²) < 4.78 is 22.1. The monoisotopic (exact) mass is 477 g/mol. The van der Waals surface area contributed by atoms with Gasteiger partial charge in [-0.25, -0.2) is 0 Å². The van der Waals surface area contributed by atoms with Crippen molar-refractivity contribution in [2.24, 2.45) is 0 Å². The first-order valence-corrected chi connectivity index (χ1v) is 11.3. The molecule has 3 aromatic rings. The summed E-state index contributed by atoms with van der Waals surface area (Å²) in [6.45, 7) is 4.64. The maximum Gasteiger partial charge on any atom is 0.296 e. The summed E-state index contributed by atoms with van der Waals surface area (Å²) in [7, 11) is 1.54. The zero-order valence-corrected chi connectivity index (χ0v) is 19.8. The SMILES string of the molecule is CCOc1ccc(C2/C(=C(\O)c3ccc(OC)cc3)C(=O)C(=O)N2Cc2ccco2)cc1OCC. The van der Waals surface area contributed by atoms with E-state index in [2.05, 4.69) is 0 Å². The van der Waals surface area contributed by atoms with Crippen molar-refractivity contribution in [3.63, 3.8) is 0 Å². The predicted octanol–water partition coefficient (Wildman–Crippen LogP) is 4.71. The molecule has 1 aliphatic rings. The standard InChI is InChI=1S/C27H27NO7/c1-4-33-21-13-10-18(15-22(21)34-5-2)24-23(25(29)17-8-11-19(32-3)12-9-17)26(30)27(31)28(24)16-20-7-6-14-35-20/h6-15,24,29H,4-5,16H2,1-3H3/b25-23+. The second-order valence-electron chi connectivity index (χ2n) is 7.81. The normalized spacial score (nSPS) is 17.0. The van der Waals surface area contributed by atoms with Gasteiger partial charge in [-0.15, -0.1) is 0 Å². The van der Waals surface area contributed by atoms with E-state index < -0.39 is 17.7 Å². The van der Waals surface area contributed by atoms with Crippen LogP contribution in [-0.2, 0) is 16.1 Å². The first kappa shape index (κ1) is 23.9. The molecule has 1 atom stereocenters. The molecule has 1 aromatic heterocycles. The first-order chi connectivity index (χ1) is 17.0. The van der Waals surface area contributed by atoms with Crippen molar-refractivity contribution < 1.29 is 33.3 Å². The van der Waals surface area contributed by atoms with Crippen LogP contribution in [0.3, 0.4) is 0 Å². The van der Waals surface area contributed by atoms with Crippen LogP contribution in [0.1, 0.15) is 36.8 Å². The van der Waals surface area contributed by atoms with E-state index >= 15 is 0 Å². The number of aliphatic hydroxyl groups excluding tert-OH is 1. The number of ketones is 1. The molecule has 0 radical (unpaired) electrons. The highest BCUT2D eigenvalue weighted by molar-refractivity contribution is 6.46. The molecule has 1 amide bonds. The Bertz CT molecular complexity index is 1230. The second kappa shape index (κ2) is 10.4. The second-order valence-corrected chi connectivity index (χ2v) is 7.81. The molecule has 1 aliphatic heterocycles. The van der Waals surface area contributed by atoms with Crippen LogP contribution >= 0.6 is 0 Å². The Balaban J connectivity index is 1.86. The van der Waals surface area contributed by atoms with E-state index in [0.29, 0.717) is 47.3 Å². The zero-order chi connectivity index (χ0) is 24.9. The summed E-state index contributed by atoms with van der Waals surface area (Å²) in [5.74, 6) is 0.373. The highest BCUT2D eigenvalue weighted by Gasteiger charge is 2.46. The molecule has 0 bridgehead atoms. The van der Waals surface area contributed by atoms with Crippen LogP contribution in [-0.4, -0.2) is 42.0 Å². The quantitative estimate of drug-likeness (QED) is 0.271. The van der Waals surface area contributed by atoms with E-state index in [1.807, 2.05) is 13.8 Å². The highest BCUT2D eigenvalue weighted by atomic mass is 16.5. The van der Waals surface area contributed by atoms with Gasteiger partial charge in [0.25, 0.3) is 11.7 Å². The number of carbonyl (C=O) groups excluding carboxylic acids is 2. The number of ether oxygens (including phenoxy) is 3. The highest BCUT2D eigenvalue weighted by Crippen LogP contribution is 2.43. The maximum atomic E-state index is 13.2. The average molecular weight is 478 g/mol. The Kier molecular flexibility index (Phi) is 7.10. The number of nitrogens with zero attached hydrogens (tertiary/aromatic N) is 1. The van der Waals surface area contributed by atoms with Crippen LogP contribution in [0.15, 0.2) is 70.9 Å². The van der Waals surface area contributed by atoms with E-state index in [9.17, 15) is 14.7 Å². The fourth-order valence-electron chi connectivity index (χ4n) is 4.10. The van der Waals surface area contributed by atoms with Gasteiger partial charge in [0.1, 0.15) is 17.3 Å². The van der Waals surface area contributed by atoms with Gasteiger partial charge in [0.15, 0.2) is 11.5 Å². The van der Waals surface area contributed by atoms with Gasteiger partial charge < -0.3 is 28.6 Å². The lowest BCUT2D eigenvalue weighted by Gasteiger charge is -2.25. The average Bonchev–Trinajstić information content (AvgIpc) is 3.47. The largest absolute Gasteiger partial charge is 0.507 e. The molecule has 8 heteroatoms. The van der Waals surface area contributed by atoms with E-state index in [1.54, 1.807) is 54.6 Å². The van der Waals surface area contributed by atoms with Crippen molar-refractivity contribution in [2.75, 3.05) is 20.3 Å². The van der Waals surface area contributed by atoms with Gasteiger partial charge in [0.2, 0.25) is 0 Å². The van der Waals surface area contributed by atoms with Crippen molar-refractivity contribution in [3.05, 3.63) is 83.3 Å². The number of Topliss-reactive ketones (excluding diaryl/α,β-unsaturated/α-hetero) is 1. The summed E-state index contributed by atoms with van der Waals surface area (Å²) in [5.41, 5.74) is 0.971. The molecule has 35 heavy (non-hydrogen) atoms. The lowest BCUT2D eigenvalue weighted by molar-refractivity contribution is -0.140. The molecular weight excluding hydrogens is 450 g/mol. The molecule has 0 aliphatic carbocycles. The molecule has 1 N–H and O–H groups in total. The summed E-state index contributed by atoms with van der Waals surface area (Å²) >= 11 is 0. The Morgan fingerprint density at radius 1 is 1.00 bits per heavy atom. The fraction of sp³-hybridized carbons (Fsp3) is 0.259. The smallest absolute Gasteiger partial charge is 0.296 e. The van der Waals surface area contributed by atoms with E-state index in [4.69, 9.17) is 18.6 Å². The van der Waals surface area contributed by atoms with Crippen molar-refractivity contribution >= 4 is 17.4 Å². The number of furan rings is 1. The van der Waals surface area contributed by atoms with Gasteiger partial charge in [-0.05, 0) is 67.9 Å². The third-order valence-electron chi connectivity index (χ3n) is 5.69. The molecule has 182 valence electrons. The minimum Gasteiger partial charge on any atom is -0.507 e. The van der Waals surface area contributed by atoms with Gasteiger partial charge in [-0.3, -0.25) is 9.59 Å². The molecule has 0 spiro atoms. The van der Waals surface area contributed by atoms with Crippen molar-refractivity contribution in [1.82, 2.24) is 4.90 Å². The molecule has 1 unspecified atom stereocenters. The Labute approximate surface area is 203 Å². The fourth-order valence-corrected chi connectivity index (χ4v) is 4.10. The number of likely N-dealkylation sites (tertiary alicyclic amines) is 1. The number of carbonyl (C=O) groups is 2. The number of rotatable bonds is 9. The van der Waals surface area contributed by atoms with E-state index in [1.165, 1.54) is 18.3 Å². The number of benzene rings is 2. The van der Waals surface area contributed by atoms with Crippen LogP contribution < -0.4 is 14.2 Å². The molecule has 8 nitrogen and oxygen atoms in total. The maximum absolute atomic E-state index is 13.2. The van der Waals surface area contributed by atoms with Gasteiger partial charge in [-0.1, -0.05) is 6.07 Å². The predicted molar refractivity (Wildman–Crippen MR) is 128 cm³/mol. The zero-order valence-electron chi connectivity index (χ0n) is 19.8. The van der Waals surface area contributed by atoms with Crippen LogP contribution in [0.4, 0.5) is 0 Å². The minimum atomic E-state index is -0.864. The van der Waals surface area contributed by atoms with Crippen molar-refractivity contribution in [2.45, 2.75) is 26.4 Å². The topological polar surface area (TPSA) is 98.4 Å².